The number of rotatable bonds is 3. The Hall–Kier alpha value is -0.340. The molecule has 1 N–H and O–H groups in total. The maximum Gasteiger partial charge on any atom is 0.0648 e. The summed E-state index contributed by atoms with van der Waals surface area (Å²) >= 11 is 0. The molecule has 0 aromatic heterocycles. The first-order valence-corrected chi connectivity index (χ1v) is 6.23. The monoisotopic (exact) mass is 210 g/mol. The molecular formula is C13H22O2. The van der Waals surface area contributed by atoms with Crippen molar-refractivity contribution >= 4 is 0 Å². The summed E-state index contributed by atoms with van der Waals surface area (Å²) in [6.07, 6.45) is 9.09. The van der Waals surface area contributed by atoms with Crippen molar-refractivity contribution in [3.63, 3.8) is 0 Å². The summed E-state index contributed by atoms with van der Waals surface area (Å²) in [5.74, 6) is 1.10. The van der Waals surface area contributed by atoms with Crippen molar-refractivity contribution in [3.8, 4) is 0 Å². The average molecular weight is 210 g/mol. The molecule has 4 unspecified atom stereocenters. The highest BCUT2D eigenvalue weighted by atomic mass is 16.5. The predicted molar refractivity (Wildman–Crippen MR) is 60.6 cm³/mol. The molecule has 2 heteroatoms. The largest absolute Gasteiger partial charge is 0.393 e. The van der Waals surface area contributed by atoms with Crippen molar-refractivity contribution in [2.75, 3.05) is 6.61 Å². The van der Waals surface area contributed by atoms with Gasteiger partial charge in [0.25, 0.3) is 0 Å². The maximum absolute atomic E-state index is 9.97. The van der Waals surface area contributed by atoms with Gasteiger partial charge in [0.15, 0.2) is 0 Å². The van der Waals surface area contributed by atoms with Gasteiger partial charge in [0, 0.05) is 0 Å². The summed E-state index contributed by atoms with van der Waals surface area (Å²) in [6, 6.07) is 0. The van der Waals surface area contributed by atoms with E-state index in [0.717, 1.165) is 12.8 Å². The Morgan fingerprint density at radius 1 is 1.13 bits per heavy atom. The third-order valence-corrected chi connectivity index (χ3v) is 4.02. The Balaban J connectivity index is 1.97. The smallest absolute Gasteiger partial charge is 0.0648 e. The minimum atomic E-state index is -0.0705. The van der Waals surface area contributed by atoms with Crippen molar-refractivity contribution in [1.29, 1.82) is 0 Å². The topological polar surface area (TPSA) is 29.5 Å². The van der Waals surface area contributed by atoms with Gasteiger partial charge in [0.05, 0.1) is 18.8 Å². The lowest BCUT2D eigenvalue weighted by atomic mass is 9.68. The first-order valence-electron chi connectivity index (χ1n) is 6.23. The predicted octanol–water partition coefficient (Wildman–Crippen LogP) is 2.52. The van der Waals surface area contributed by atoms with E-state index in [9.17, 15) is 5.11 Å². The SMILES string of the molecule is C=CCOC1CCC(O)C2CCCCC12. The van der Waals surface area contributed by atoms with Crippen LogP contribution in [0.1, 0.15) is 38.5 Å². The fourth-order valence-corrected chi connectivity index (χ4v) is 3.29. The van der Waals surface area contributed by atoms with Gasteiger partial charge in [0.2, 0.25) is 0 Å². The Bertz CT molecular complexity index is 215. The summed E-state index contributed by atoms with van der Waals surface area (Å²) in [4.78, 5) is 0. The van der Waals surface area contributed by atoms with Crippen LogP contribution in [0.2, 0.25) is 0 Å². The number of hydrogen-bond donors (Lipinski definition) is 1. The number of ether oxygens (including phenoxy) is 1. The fraction of sp³-hybridized carbons (Fsp3) is 0.846. The van der Waals surface area contributed by atoms with Gasteiger partial charge in [-0.05, 0) is 37.5 Å². The van der Waals surface area contributed by atoms with E-state index in [2.05, 4.69) is 6.58 Å². The molecule has 0 amide bonds. The van der Waals surface area contributed by atoms with Crippen molar-refractivity contribution in [1.82, 2.24) is 0 Å². The van der Waals surface area contributed by atoms with E-state index in [1.54, 1.807) is 0 Å². The fourth-order valence-electron chi connectivity index (χ4n) is 3.29. The molecule has 2 fully saturated rings. The third kappa shape index (κ3) is 2.43. The minimum Gasteiger partial charge on any atom is -0.393 e. The zero-order chi connectivity index (χ0) is 10.7. The molecule has 0 aliphatic heterocycles. The molecule has 0 heterocycles. The molecule has 0 bridgehead atoms. The van der Waals surface area contributed by atoms with Crippen LogP contribution in [-0.2, 0) is 4.74 Å². The lowest BCUT2D eigenvalue weighted by Gasteiger charge is -2.43. The van der Waals surface area contributed by atoms with Crippen molar-refractivity contribution in [3.05, 3.63) is 12.7 Å². The van der Waals surface area contributed by atoms with E-state index in [0.29, 0.717) is 24.5 Å². The second kappa shape index (κ2) is 5.13. The molecule has 2 nitrogen and oxygen atoms in total. The Morgan fingerprint density at radius 2 is 1.87 bits per heavy atom. The standard InChI is InChI=1S/C13H22O2/c1-2-9-15-13-8-7-12(14)10-5-3-4-6-11(10)13/h2,10-14H,1,3-9H2. The zero-order valence-electron chi connectivity index (χ0n) is 9.40. The lowest BCUT2D eigenvalue weighted by Crippen LogP contribution is -2.43. The molecule has 0 aromatic rings. The number of aliphatic hydroxyl groups excluding tert-OH is 1. The third-order valence-electron chi connectivity index (χ3n) is 4.02. The van der Waals surface area contributed by atoms with Crippen LogP contribution in [0.3, 0.4) is 0 Å². The molecule has 2 saturated carbocycles. The van der Waals surface area contributed by atoms with Gasteiger partial charge in [0.1, 0.15) is 0 Å². The van der Waals surface area contributed by atoms with Crippen molar-refractivity contribution in [2.45, 2.75) is 50.7 Å². The summed E-state index contributed by atoms with van der Waals surface area (Å²) in [5.41, 5.74) is 0. The average Bonchev–Trinajstić information content (AvgIpc) is 2.29. The van der Waals surface area contributed by atoms with Crippen LogP contribution in [0, 0.1) is 11.8 Å². The molecule has 2 aliphatic rings. The highest BCUT2D eigenvalue weighted by Crippen LogP contribution is 2.41. The van der Waals surface area contributed by atoms with Crippen LogP contribution < -0.4 is 0 Å². The quantitative estimate of drug-likeness (QED) is 0.725. The van der Waals surface area contributed by atoms with Gasteiger partial charge in [-0.1, -0.05) is 18.9 Å². The molecule has 0 aromatic carbocycles. The number of hydrogen-bond acceptors (Lipinski definition) is 2. The Morgan fingerprint density at radius 3 is 2.60 bits per heavy atom. The molecule has 0 saturated heterocycles. The highest BCUT2D eigenvalue weighted by molar-refractivity contribution is 4.90. The lowest BCUT2D eigenvalue weighted by molar-refractivity contribution is -0.0857. The molecule has 0 radical (unpaired) electrons. The summed E-state index contributed by atoms with van der Waals surface area (Å²) in [5, 5.41) is 9.97. The number of aliphatic hydroxyl groups is 1. The second-order valence-corrected chi connectivity index (χ2v) is 4.92. The zero-order valence-corrected chi connectivity index (χ0v) is 9.40. The molecule has 15 heavy (non-hydrogen) atoms. The highest BCUT2D eigenvalue weighted by Gasteiger charge is 2.40. The van der Waals surface area contributed by atoms with Crippen LogP contribution in [-0.4, -0.2) is 23.9 Å². The van der Waals surface area contributed by atoms with E-state index in [1.807, 2.05) is 6.08 Å². The molecule has 86 valence electrons. The van der Waals surface area contributed by atoms with E-state index in [-0.39, 0.29) is 6.10 Å². The minimum absolute atomic E-state index is 0.0705. The molecular weight excluding hydrogens is 188 g/mol. The van der Waals surface area contributed by atoms with Gasteiger partial charge < -0.3 is 9.84 Å². The van der Waals surface area contributed by atoms with E-state index < -0.39 is 0 Å². The van der Waals surface area contributed by atoms with Crippen LogP contribution >= 0.6 is 0 Å². The first kappa shape index (κ1) is 11.2. The van der Waals surface area contributed by atoms with Gasteiger partial charge in [-0.2, -0.15) is 0 Å². The first-order chi connectivity index (χ1) is 7.33. The molecule has 0 spiro atoms. The Kier molecular flexibility index (Phi) is 3.81. The van der Waals surface area contributed by atoms with Crippen molar-refractivity contribution < 1.29 is 9.84 Å². The summed E-state index contributed by atoms with van der Waals surface area (Å²) in [7, 11) is 0. The second-order valence-electron chi connectivity index (χ2n) is 4.92. The Labute approximate surface area is 92.3 Å². The van der Waals surface area contributed by atoms with Crippen LogP contribution in [0.15, 0.2) is 12.7 Å². The maximum atomic E-state index is 9.97. The van der Waals surface area contributed by atoms with Gasteiger partial charge in [-0.15, -0.1) is 6.58 Å². The van der Waals surface area contributed by atoms with Crippen molar-refractivity contribution in [2.24, 2.45) is 11.8 Å². The van der Waals surface area contributed by atoms with E-state index in [4.69, 9.17) is 4.74 Å². The number of fused-ring (bicyclic) bond motifs is 1. The van der Waals surface area contributed by atoms with Gasteiger partial charge in [-0.3, -0.25) is 0 Å². The molecule has 4 atom stereocenters. The van der Waals surface area contributed by atoms with E-state index >= 15 is 0 Å². The van der Waals surface area contributed by atoms with Gasteiger partial charge in [-0.25, -0.2) is 0 Å². The van der Waals surface area contributed by atoms with Crippen LogP contribution in [0.5, 0.6) is 0 Å². The summed E-state index contributed by atoms with van der Waals surface area (Å²) < 4.78 is 5.82. The summed E-state index contributed by atoms with van der Waals surface area (Å²) in [6.45, 7) is 4.35. The van der Waals surface area contributed by atoms with E-state index in [1.165, 1.54) is 25.7 Å². The molecule has 2 rings (SSSR count). The normalized spacial score (nSPS) is 40.9. The van der Waals surface area contributed by atoms with Crippen LogP contribution in [0.25, 0.3) is 0 Å². The molecule has 2 aliphatic carbocycles. The van der Waals surface area contributed by atoms with Crippen LogP contribution in [0.4, 0.5) is 0 Å². The van der Waals surface area contributed by atoms with Gasteiger partial charge >= 0.3 is 0 Å².